The summed E-state index contributed by atoms with van der Waals surface area (Å²) in [5.41, 5.74) is 0.338. The minimum absolute atomic E-state index is 0.126. The van der Waals surface area contributed by atoms with E-state index < -0.39 is 23.8 Å². The molecule has 0 heterocycles. The van der Waals surface area contributed by atoms with E-state index in [1.807, 2.05) is 19.0 Å². The molecule has 1 unspecified atom stereocenters. The summed E-state index contributed by atoms with van der Waals surface area (Å²) < 4.78 is 31.8. The van der Waals surface area contributed by atoms with Crippen molar-refractivity contribution in [1.82, 2.24) is 4.90 Å². The molecular formula is C18H21F2N3O3. The van der Waals surface area contributed by atoms with Gasteiger partial charge >= 0.3 is 6.03 Å². The minimum Gasteiger partial charge on any atom is -0.491 e. The topological polar surface area (TPSA) is 73.8 Å². The van der Waals surface area contributed by atoms with Gasteiger partial charge in [-0.2, -0.15) is 0 Å². The number of aliphatic hydroxyl groups excluding tert-OH is 1. The number of benzene rings is 2. The van der Waals surface area contributed by atoms with Crippen molar-refractivity contribution >= 4 is 17.4 Å². The van der Waals surface area contributed by atoms with Crippen molar-refractivity contribution in [2.24, 2.45) is 0 Å². The van der Waals surface area contributed by atoms with Crippen LogP contribution in [0, 0.1) is 11.6 Å². The van der Waals surface area contributed by atoms with Gasteiger partial charge in [-0.1, -0.05) is 0 Å². The molecule has 0 saturated heterocycles. The molecule has 0 radical (unpaired) electrons. The number of hydrogen-bond acceptors (Lipinski definition) is 4. The van der Waals surface area contributed by atoms with Gasteiger partial charge in [0, 0.05) is 18.3 Å². The summed E-state index contributed by atoms with van der Waals surface area (Å²) in [4.78, 5) is 13.7. The van der Waals surface area contributed by atoms with Crippen molar-refractivity contribution in [1.29, 1.82) is 0 Å². The smallest absolute Gasteiger partial charge is 0.323 e. The largest absolute Gasteiger partial charge is 0.491 e. The molecule has 0 saturated carbocycles. The summed E-state index contributed by atoms with van der Waals surface area (Å²) >= 11 is 0. The zero-order chi connectivity index (χ0) is 19.1. The maximum atomic E-state index is 13.5. The highest BCUT2D eigenvalue weighted by Gasteiger charge is 2.09. The predicted octanol–water partition coefficient (Wildman–Crippen LogP) is 2.91. The Labute approximate surface area is 150 Å². The standard InChI is InChI=1S/C18H21F2N3O3/c1-23(2)10-14(24)11-26-15-6-4-13(5-7-15)21-18(25)22-17-8-3-12(19)9-16(17)20/h3-9,14,24H,10-11H2,1-2H3,(H2,21,22,25). The van der Waals surface area contributed by atoms with Crippen LogP contribution in [0.4, 0.5) is 25.0 Å². The Morgan fingerprint density at radius 1 is 1.15 bits per heavy atom. The minimum atomic E-state index is -0.861. The van der Waals surface area contributed by atoms with Crippen molar-refractivity contribution in [2.45, 2.75) is 6.10 Å². The molecule has 26 heavy (non-hydrogen) atoms. The lowest BCUT2D eigenvalue weighted by Gasteiger charge is -2.16. The molecule has 0 fully saturated rings. The number of anilines is 2. The zero-order valence-electron chi connectivity index (χ0n) is 14.5. The Balaban J connectivity index is 1.85. The molecule has 8 heteroatoms. The van der Waals surface area contributed by atoms with E-state index in [0.717, 1.165) is 12.1 Å². The van der Waals surface area contributed by atoms with E-state index >= 15 is 0 Å². The Hall–Kier alpha value is -2.71. The molecule has 0 bridgehead atoms. The lowest BCUT2D eigenvalue weighted by Crippen LogP contribution is -2.30. The van der Waals surface area contributed by atoms with Crippen LogP contribution in [0.5, 0.6) is 5.75 Å². The molecule has 0 aliphatic carbocycles. The van der Waals surface area contributed by atoms with E-state index in [0.29, 0.717) is 24.0 Å². The highest BCUT2D eigenvalue weighted by atomic mass is 19.1. The predicted molar refractivity (Wildman–Crippen MR) is 95.5 cm³/mol. The second kappa shape index (κ2) is 9.12. The maximum absolute atomic E-state index is 13.5. The molecule has 0 aromatic heterocycles. The lowest BCUT2D eigenvalue weighted by atomic mass is 10.3. The Bertz CT molecular complexity index is 739. The van der Waals surface area contributed by atoms with Crippen LogP contribution in [-0.2, 0) is 0 Å². The van der Waals surface area contributed by atoms with Gasteiger partial charge < -0.3 is 25.4 Å². The number of halogens is 2. The van der Waals surface area contributed by atoms with Gasteiger partial charge in [0.15, 0.2) is 0 Å². The van der Waals surface area contributed by atoms with Crippen molar-refractivity contribution in [3.63, 3.8) is 0 Å². The first kappa shape index (κ1) is 19.6. The third-order valence-corrected chi connectivity index (χ3v) is 3.31. The van der Waals surface area contributed by atoms with Crippen LogP contribution in [0.3, 0.4) is 0 Å². The summed E-state index contributed by atoms with van der Waals surface area (Å²) in [7, 11) is 3.71. The fraction of sp³-hybridized carbons (Fsp3) is 0.278. The molecule has 2 rings (SSSR count). The molecule has 0 spiro atoms. The van der Waals surface area contributed by atoms with Crippen LogP contribution < -0.4 is 15.4 Å². The van der Waals surface area contributed by atoms with Gasteiger partial charge in [-0.3, -0.25) is 0 Å². The second-order valence-corrected chi connectivity index (χ2v) is 5.95. The number of hydrogen-bond donors (Lipinski definition) is 3. The summed E-state index contributed by atoms with van der Waals surface area (Å²) in [5, 5.41) is 14.6. The molecule has 2 aromatic carbocycles. The van der Waals surface area contributed by atoms with Gasteiger partial charge in [-0.25, -0.2) is 13.6 Å². The monoisotopic (exact) mass is 365 g/mol. The third-order valence-electron chi connectivity index (χ3n) is 3.31. The van der Waals surface area contributed by atoms with E-state index in [4.69, 9.17) is 4.74 Å². The summed E-state index contributed by atoms with van der Waals surface area (Å²) in [5.74, 6) is -1.04. The highest BCUT2D eigenvalue weighted by molar-refractivity contribution is 5.99. The van der Waals surface area contributed by atoms with E-state index in [2.05, 4.69) is 10.6 Å². The van der Waals surface area contributed by atoms with Gasteiger partial charge in [0.05, 0.1) is 5.69 Å². The van der Waals surface area contributed by atoms with Crippen molar-refractivity contribution in [3.05, 3.63) is 54.1 Å². The number of likely N-dealkylation sites (N-methyl/N-ethyl adjacent to an activating group) is 1. The Morgan fingerprint density at radius 3 is 2.46 bits per heavy atom. The molecule has 2 amide bonds. The lowest BCUT2D eigenvalue weighted by molar-refractivity contribution is 0.0831. The van der Waals surface area contributed by atoms with Crippen LogP contribution in [0.25, 0.3) is 0 Å². The van der Waals surface area contributed by atoms with Gasteiger partial charge in [0.2, 0.25) is 0 Å². The summed E-state index contributed by atoms with van der Waals surface area (Å²) in [6.07, 6.45) is -0.612. The number of rotatable bonds is 7. The normalized spacial score (nSPS) is 11.9. The molecular weight excluding hydrogens is 344 g/mol. The van der Waals surface area contributed by atoms with E-state index in [9.17, 15) is 18.7 Å². The first-order valence-corrected chi connectivity index (χ1v) is 7.92. The van der Waals surface area contributed by atoms with Crippen LogP contribution in [-0.4, -0.2) is 49.4 Å². The third kappa shape index (κ3) is 6.30. The number of aliphatic hydroxyl groups is 1. The van der Waals surface area contributed by atoms with Crippen LogP contribution in [0.1, 0.15) is 0 Å². The zero-order valence-corrected chi connectivity index (χ0v) is 14.5. The van der Waals surface area contributed by atoms with E-state index in [1.54, 1.807) is 24.3 Å². The maximum Gasteiger partial charge on any atom is 0.323 e. The molecule has 0 aliphatic heterocycles. The van der Waals surface area contributed by atoms with E-state index in [-0.39, 0.29) is 12.3 Å². The van der Waals surface area contributed by atoms with Gasteiger partial charge in [0.25, 0.3) is 0 Å². The van der Waals surface area contributed by atoms with Crippen molar-refractivity contribution in [2.75, 3.05) is 37.9 Å². The molecule has 140 valence electrons. The van der Waals surface area contributed by atoms with Gasteiger partial charge in [0.1, 0.15) is 30.1 Å². The summed E-state index contributed by atoms with van der Waals surface area (Å²) in [6, 6.07) is 8.70. The number of urea groups is 1. The fourth-order valence-electron chi connectivity index (χ4n) is 2.18. The number of nitrogens with zero attached hydrogens (tertiary/aromatic N) is 1. The fourth-order valence-corrected chi connectivity index (χ4v) is 2.18. The molecule has 3 N–H and O–H groups in total. The first-order chi connectivity index (χ1) is 12.3. The van der Waals surface area contributed by atoms with E-state index in [1.165, 1.54) is 0 Å². The molecule has 0 aliphatic rings. The van der Waals surface area contributed by atoms with Crippen LogP contribution in [0.15, 0.2) is 42.5 Å². The quantitative estimate of drug-likeness (QED) is 0.705. The van der Waals surface area contributed by atoms with Crippen molar-refractivity contribution < 1.29 is 23.4 Å². The highest BCUT2D eigenvalue weighted by Crippen LogP contribution is 2.18. The van der Waals surface area contributed by atoms with Gasteiger partial charge in [-0.05, 0) is 50.5 Å². The number of amides is 2. The Morgan fingerprint density at radius 2 is 1.85 bits per heavy atom. The molecule has 6 nitrogen and oxygen atoms in total. The van der Waals surface area contributed by atoms with Crippen LogP contribution >= 0.6 is 0 Å². The second-order valence-electron chi connectivity index (χ2n) is 5.95. The van der Waals surface area contributed by atoms with Crippen LogP contribution in [0.2, 0.25) is 0 Å². The first-order valence-electron chi connectivity index (χ1n) is 7.92. The average Bonchev–Trinajstić information content (AvgIpc) is 2.56. The van der Waals surface area contributed by atoms with Crippen molar-refractivity contribution in [3.8, 4) is 5.75 Å². The summed E-state index contributed by atoms with van der Waals surface area (Å²) in [6.45, 7) is 0.634. The SMILES string of the molecule is CN(C)CC(O)COc1ccc(NC(=O)Nc2ccc(F)cc2F)cc1. The van der Waals surface area contributed by atoms with Gasteiger partial charge in [-0.15, -0.1) is 0 Å². The number of ether oxygens (including phenoxy) is 1. The Kier molecular flexibility index (Phi) is 6.88. The number of carbonyl (C=O) groups excluding carboxylic acids is 1. The molecule has 1 atom stereocenters. The number of nitrogens with one attached hydrogen (secondary N) is 2. The number of carbonyl (C=O) groups is 1. The average molecular weight is 365 g/mol. The molecule has 2 aromatic rings.